The molecule has 2 rings (SSSR count). The van der Waals surface area contributed by atoms with Gasteiger partial charge >= 0.3 is 0 Å². The van der Waals surface area contributed by atoms with Gasteiger partial charge in [0, 0.05) is 36.1 Å². The fourth-order valence-corrected chi connectivity index (χ4v) is 2.78. The van der Waals surface area contributed by atoms with Crippen LogP contribution in [0.4, 0.5) is 0 Å². The monoisotopic (exact) mass is 307 g/mol. The van der Waals surface area contributed by atoms with Gasteiger partial charge in [0.2, 0.25) is 5.91 Å². The molecule has 1 saturated heterocycles. The van der Waals surface area contributed by atoms with Gasteiger partial charge in [0.05, 0.1) is 25.8 Å². The van der Waals surface area contributed by atoms with Crippen LogP contribution >= 0.6 is 0 Å². The molecule has 1 amide bonds. The smallest absolute Gasteiger partial charge is 0.237 e. The number of nitrogens with one attached hydrogen (secondary N) is 2. The van der Waals surface area contributed by atoms with Crippen molar-refractivity contribution in [1.82, 2.24) is 15.2 Å². The Morgan fingerprint density at radius 1 is 1.41 bits per heavy atom. The Hall–Kier alpha value is -1.66. The molecule has 0 spiro atoms. The number of nitrogens with zero attached hydrogens (tertiary/aromatic N) is 1. The Labute approximate surface area is 130 Å². The molecule has 1 aliphatic heterocycles. The number of aromatic amines is 1. The van der Waals surface area contributed by atoms with Gasteiger partial charge in [-0.15, -0.1) is 0 Å². The Balaban J connectivity index is 1.99. The predicted molar refractivity (Wildman–Crippen MR) is 84.9 cm³/mol. The molecule has 2 heterocycles. The Morgan fingerprint density at radius 3 is 2.73 bits per heavy atom. The highest BCUT2D eigenvalue weighted by Crippen LogP contribution is 2.08. The lowest BCUT2D eigenvalue weighted by Crippen LogP contribution is -2.50. The summed E-state index contributed by atoms with van der Waals surface area (Å²) in [5.74, 6) is 0.00484. The zero-order chi connectivity index (χ0) is 16.1. The first kappa shape index (κ1) is 16.7. The minimum absolute atomic E-state index is 0.00484. The number of ether oxygens (including phenoxy) is 1. The second-order valence-electron chi connectivity index (χ2n) is 5.69. The number of hydrogen-bond donors (Lipinski definition) is 2. The van der Waals surface area contributed by atoms with E-state index in [0.29, 0.717) is 30.9 Å². The SMILES string of the molecule is CCC(C(=O)NCc1[nH]cc(C)c(=O)c1C)N1CCOCC1. The summed E-state index contributed by atoms with van der Waals surface area (Å²) in [6.45, 7) is 8.84. The van der Waals surface area contributed by atoms with E-state index in [-0.39, 0.29) is 17.4 Å². The molecule has 122 valence electrons. The molecule has 1 aromatic rings. The number of hydrogen-bond acceptors (Lipinski definition) is 4. The molecular weight excluding hydrogens is 282 g/mol. The number of aromatic nitrogens is 1. The maximum absolute atomic E-state index is 12.4. The molecule has 0 saturated carbocycles. The van der Waals surface area contributed by atoms with Gasteiger partial charge in [-0.2, -0.15) is 0 Å². The largest absolute Gasteiger partial charge is 0.379 e. The topological polar surface area (TPSA) is 74.4 Å². The van der Waals surface area contributed by atoms with Crippen LogP contribution in [0.2, 0.25) is 0 Å². The first-order chi connectivity index (χ1) is 10.5. The molecule has 1 unspecified atom stereocenters. The number of pyridine rings is 1. The highest BCUT2D eigenvalue weighted by atomic mass is 16.5. The summed E-state index contributed by atoms with van der Waals surface area (Å²) in [6.07, 6.45) is 2.45. The molecular formula is C16H25N3O3. The third-order valence-corrected chi connectivity index (χ3v) is 4.23. The van der Waals surface area contributed by atoms with E-state index in [1.54, 1.807) is 20.0 Å². The van der Waals surface area contributed by atoms with Gasteiger partial charge in [0.25, 0.3) is 0 Å². The Morgan fingerprint density at radius 2 is 2.09 bits per heavy atom. The molecule has 1 atom stereocenters. The molecule has 0 radical (unpaired) electrons. The molecule has 0 aromatic carbocycles. The van der Waals surface area contributed by atoms with Crippen molar-refractivity contribution in [3.63, 3.8) is 0 Å². The van der Waals surface area contributed by atoms with E-state index in [4.69, 9.17) is 4.74 Å². The molecule has 1 fully saturated rings. The molecule has 0 aliphatic carbocycles. The summed E-state index contributed by atoms with van der Waals surface area (Å²) in [4.78, 5) is 29.6. The lowest BCUT2D eigenvalue weighted by molar-refractivity contribution is -0.128. The zero-order valence-electron chi connectivity index (χ0n) is 13.6. The first-order valence-electron chi connectivity index (χ1n) is 7.81. The maximum Gasteiger partial charge on any atom is 0.237 e. The number of H-pyrrole nitrogens is 1. The highest BCUT2D eigenvalue weighted by molar-refractivity contribution is 5.81. The minimum atomic E-state index is -0.138. The molecule has 6 nitrogen and oxygen atoms in total. The summed E-state index contributed by atoms with van der Waals surface area (Å²) in [5.41, 5.74) is 2.15. The fraction of sp³-hybridized carbons (Fsp3) is 0.625. The van der Waals surface area contributed by atoms with Crippen LogP contribution in [0.25, 0.3) is 0 Å². The second kappa shape index (κ2) is 7.56. The Bertz CT molecular complexity index is 576. The van der Waals surface area contributed by atoms with Gasteiger partial charge in [0.15, 0.2) is 5.43 Å². The third-order valence-electron chi connectivity index (χ3n) is 4.23. The van der Waals surface area contributed by atoms with Gasteiger partial charge < -0.3 is 15.0 Å². The van der Waals surface area contributed by atoms with E-state index in [1.165, 1.54) is 0 Å². The fourth-order valence-electron chi connectivity index (χ4n) is 2.78. The predicted octanol–water partition coefficient (Wildman–Crippen LogP) is 0.719. The van der Waals surface area contributed by atoms with Crippen LogP contribution in [-0.2, 0) is 16.1 Å². The molecule has 22 heavy (non-hydrogen) atoms. The van der Waals surface area contributed by atoms with Crippen molar-refractivity contribution < 1.29 is 9.53 Å². The maximum atomic E-state index is 12.4. The van der Waals surface area contributed by atoms with Crippen LogP contribution in [-0.4, -0.2) is 48.1 Å². The van der Waals surface area contributed by atoms with Gasteiger partial charge in [0.1, 0.15) is 0 Å². The van der Waals surface area contributed by atoms with Crippen molar-refractivity contribution in [2.75, 3.05) is 26.3 Å². The summed E-state index contributed by atoms with van der Waals surface area (Å²) >= 11 is 0. The summed E-state index contributed by atoms with van der Waals surface area (Å²) < 4.78 is 5.33. The second-order valence-corrected chi connectivity index (χ2v) is 5.69. The van der Waals surface area contributed by atoms with E-state index in [2.05, 4.69) is 15.2 Å². The van der Waals surface area contributed by atoms with Crippen molar-refractivity contribution in [2.45, 2.75) is 39.8 Å². The van der Waals surface area contributed by atoms with Crippen molar-refractivity contribution in [3.05, 3.63) is 33.2 Å². The normalized spacial score (nSPS) is 17.2. The number of rotatable bonds is 5. The number of morpholine rings is 1. The molecule has 1 aromatic heterocycles. The average molecular weight is 307 g/mol. The van der Waals surface area contributed by atoms with E-state index in [9.17, 15) is 9.59 Å². The summed E-state index contributed by atoms with van der Waals surface area (Å²) in [6, 6.07) is -0.138. The van der Waals surface area contributed by atoms with E-state index in [1.807, 2.05) is 6.92 Å². The molecule has 0 bridgehead atoms. The molecule has 1 aliphatic rings. The minimum Gasteiger partial charge on any atom is -0.379 e. The summed E-state index contributed by atoms with van der Waals surface area (Å²) in [5, 5.41) is 2.94. The average Bonchev–Trinajstić information content (AvgIpc) is 2.54. The van der Waals surface area contributed by atoms with Crippen LogP contribution < -0.4 is 10.7 Å². The van der Waals surface area contributed by atoms with Crippen molar-refractivity contribution >= 4 is 5.91 Å². The Kier molecular flexibility index (Phi) is 5.74. The van der Waals surface area contributed by atoms with Crippen LogP contribution in [0, 0.1) is 13.8 Å². The van der Waals surface area contributed by atoms with Crippen LogP contribution in [0.1, 0.15) is 30.2 Å². The van der Waals surface area contributed by atoms with E-state index < -0.39 is 0 Å². The van der Waals surface area contributed by atoms with E-state index in [0.717, 1.165) is 25.2 Å². The van der Waals surface area contributed by atoms with Crippen LogP contribution in [0.15, 0.2) is 11.0 Å². The zero-order valence-corrected chi connectivity index (χ0v) is 13.6. The van der Waals surface area contributed by atoms with Gasteiger partial charge in [-0.3, -0.25) is 14.5 Å². The van der Waals surface area contributed by atoms with Crippen LogP contribution in [0.5, 0.6) is 0 Å². The van der Waals surface area contributed by atoms with Crippen molar-refractivity contribution in [2.24, 2.45) is 0 Å². The first-order valence-corrected chi connectivity index (χ1v) is 7.81. The number of amides is 1. The van der Waals surface area contributed by atoms with E-state index >= 15 is 0 Å². The number of carbonyl (C=O) groups excluding carboxylic acids is 1. The van der Waals surface area contributed by atoms with Gasteiger partial charge in [-0.1, -0.05) is 6.92 Å². The third kappa shape index (κ3) is 3.75. The van der Waals surface area contributed by atoms with Crippen molar-refractivity contribution in [3.8, 4) is 0 Å². The molecule has 2 N–H and O–H groups in total. The van der Waals surface area contributed by atoms with Crippen molar-refractivity contribution in [1.29, 1.82) is 0 Å². The van der Waals surface area contributed by atoms with Gasteiger partial charge in [-0.05, 0) is 20.3 Å². The quantitative estimate of drug-likeness (QED) is 0.840. The lowest BCUT2D eigenvalue weighted by Gasteiger charge is -2.33. The summed E-state index contributed by atoms with van der Waals surface area (Å²) in [7, 11) is 0. The van der Waals surface area contributed by atoms with Crippen LogP contribution in [0.3, 0.4) is 0 Å². The number of carbonyl (C=O) groups is 1. The van der Waals surface area contributed by atoms with Gasteiger partial charge in [-0.25, -0.2) is 0 Å². The standard InChI is InChI=1S/C16H25N3O3/c1-4-14(19-5-7-22-8-6-19)16(21)18-10-13-12(3)15(20)11(2)9-17-13/h9,14H,4-8,10H2,1-3H3,(H,17,20)(H,18,21). The molecule has 6 heteroatoms. The number of aryl methyl sites for hydroxylation is 1. The lowest BCUT2D eigenvalue weighted by atomic mass is 10.1. The highest BCUT2D eigenvalue weighted by Gasteiger charge is 2.25.